The predicted molar refractivity (Wildman–Crippen MR) is 433 cm³/mol. The average molecular weight is 1610 g/mol. The molecule has 4 aliphatic rings. The van der Waals surface area contributed by atoms with Crippen LogP contribution in [0.5, 0.6) is 0 Å². The first-order chi connectivity index (χ1) is 56.2. The van der Waals surface area contributed by atoms with Gasteiger partial charge in [0, 0.05) is 113 Å². The summed E-state index contributed by atoms with van der Waals surface area (Å²) in [6.45, 7) is 7.19. The largest absolute Gasteiger partial charge is 0.327 e. The second-order valence-corrected chi connectivity index (χ2v) is 29.3. The molecule has 570 valence electrons. The van der Waals surface area contributed by atoms with E-state index in [0.29, 0.717) is 77.4 Å². The number of pyridine rings is 2. The quantitative estimate of drug-likeness (QED) is 0.0508. The van der Waals surface area contributed by atoms with Crippen LogP contribution in [0.25, 0.3) is 78.4 Å². The van der Waals surface area contributed by atoms with E-state index in [1.54, 1.807) is 81.6 Å². The standard InChI is InChI=1S/C23H16N6OS.2C20H14FN5OS.C19H14N6O3S/c1-13-20(22-28-19(12-31-22)15-8-6-14(10-24)7-9-15)21(29-23(30)26-13)18-11-25-16-4-2-3-5-17(16)27-18;1-11-17(18(26-20(27)24-11)14-6-15(21)9-23-8-14)19-25-16(10-28-19)13-4-2-12(7-22)3-5-13;1-11-17(18(26-20(27)24-11)14-6-7-16(21)23-9-14)19-25-15(10-28-19)13-4-2-12(8-22)3-5-13;1-9-15(16(25-18(27)21-9)12-6-14(26)24-19(28)23-12)17-22-13(8-29-17)11-4-2-10(7-20)3-5-11/h2-9,11-12,21H,1H3,(H2,26,29,30);2-6,8-10,18H,1H3,(H2,24,26,27);2-7,9-10,18H,1H3,(H2,24,26,27);2-6,8,16H,1H3,(H2,21,25,27)(H2,23,24,26,28). The van der Waals surface area contributed by atoms with Crippen LogP contribution in [0.2, 0.25) is 0 Å². The van der Waals surface area contributed by atoms with Crippen molar-refractivity contribution in [3.63, 3.8) is 0 Å². The Morgan fingerprint density at radius 1 is 0.379 bits per heavy atom. The minimum atomic E-state index is -0.737. The van der Waals surface area contributed by atoms with Crippen molar-refractivity contribution < 1.29 is 28.0 Å². The number of nitriles is 4. The molecule has 8 aromatic heterocycles. The molecule has 0 saturated carbocycles. The lowest BCUT2D eigenvalue weighted by atomic mass is 9.97. The summed E-state index contributed by atoms with van der Waals surface area (Å²) in [5.41, 5.74) is 17.1. The summed E-state index contributed by atoms with van der Waals surface area (Å²) in [4.78, 5) is 112. The van der Waals surface area contributed by atoms with E-state index in [0.717, 1.165) is 89.0 Å². The topological polar surface area (TPSA) is 429 Å². The molecule has 0 spiro atoms. The Hall–Kier alpha value is -15.2. The molecule has 8 amide bonds. The number of hydrogen-bond donors (Lipinski definition) is 10. The zero-order valence-electron chi connectivity index (χ0n) is 61.0. The molecule has 0 radical (unpaired) electrons. The molecule has 116 heavy (non-hydrogen) atoms. The van der Waals surface area contributed by atoms with E-state index in [1.165, 1.54) is 75.9 Å². The number of halogens is 2. The molecule has 17 rings (SSSR count). The monoisotopic (exact) mass is 1610 g/mol. The molecule has 0 fully saturated rings. The second-order valence-electron chi connectivity index (χ2n) is 25.9. The molecule has 13 aromatic rings. The van der Waals surface area contributed by atoms with E-state index < -0.39 is 53.2 Å². The lowest BCUT2D eigenvalue weighted by molar-refractivity contribution is 0.239. The number of urea groups is 4. The Bertz CT molecular complexity index is 6450. The number of carbonyl (C=O) groups is 4. The fourth-order valence-corrected chi connectivity index (χ4v) is 16.6. The van der Waals surface area contributed by atoms with Gasteiger partial charge in [-0.25, -0.2) is 58.3 Å². The summed E-state index contributed by atoms with van der Waals surface area (Å²) in [5.74, 6) is -1.05. The fourth-order valence-electron chi connectivity index (χ4n) is 12.7. The summed E-state index contributed by atoms with van der Waals surface area (Å²) in [6.07, 6.45) is 5.76. The van der Waals surface area contributed by atoms with Crippen molar-refractivity contribution >= 4 is 103 Å². The molecule has 0 aliphatic carbocycles. The van der Waals surface area contributed by atoms with Gasteiger partial charge in [-0.15, -0.1) is 45.3 Å². The van der Waals surface area contributed by atoms with E-state index in [1.807, 2.05) is 101 Å². The van der Waals surface area contributed by atoms with Gasteiger partial charge in [0.05, 0.1) is 116 Å². The van der Waals surface area contributed by atoms with Gasteiger partial charge in [0.25, 0.3) is 5.56 Å². The molecular weight excluding hydrogens is 1560 g/mol. The Morgan fingerprint density at radius 2 is 0.759 bits per heavy atom. The van der Waals surface area contributed by atoms with Crippen LogP contribution in [-0.2, 0) is 0 Å². The van der Waals surface area contributed by atoms with Crippen molar-refractivity contribution in [3.05, 3.63) is 312 Å². The number of rotatable bonds is 12. The number of nitrogens with zero attached hydrogens (tertiary/aromatic N) is 12. The average Bonchev–Trinajstić information content (AvgIpc) is 1.52. The summed E-state index contributed by atoms with van der Waals surface area (Å²) < 4.78 is 26.9. The molecule has 4 aliphatic heterocycles. The highest BCUT2D eigenvalue weighted by atomic mass is 32.1. The first-order valence-electron chi connectivity index (χ1n) is 34.9. The number of aromatic nitrogens is 10. The lowest BCUT2D eigenvalue weighted by Crippen LogP contribution is -2.44. The number of amides is 8. The number of hydrogen-bond acceptors (Lipinski definition) is 22. The maximum absolute atomic E-state index is 13.7. The molecule has 0 bridgehead atoms. The zero-order chi connectivity index (χ0) is 81.3. The molecule has 4 unspecified atom stereocenters. The number of aromatic amines is 2. The van der Waals surface area contributed by atoms with Gasteiger partial charge >= 0.3 is 29.8 Å². The van der Waals surface area contributed by atoms with Crippen LogP contribution in [0.3, 0.4) is 0 Å². The molecule has 28 nitrogen and oxygen atoms in total. The Labute approximate surface area is 673 Å². The van der Waals surface area contributed by atoms with Crippen LogP contribution in [0.4, 0.5) is 28.0 Å². The number of carbonyl (C=O) groups excluding carboxylic acids is 4. The number of allylic oxidation sites excluding steroid dienone is 4. The highest BCUT2D eigenvalue weighted by Crippen LogP contribution is 2.42. The highest BCUT2D eigenvalue weighted by Gasteiger charge is 2.35. The lowest BCUT2D eigenvalue weighted by Gasteiger charge is -2.28. The maximum Gasteiger partial charge on any atom is 0.325 e. The molecule has 0 saturated heterocycles. The van der Waals surface area contributed by atoms with Gasteiger partial charge in [0.2, 0.25) is 5.95 Å². The normalized spacial score (nSPS) is 16.2. The minimum Gasteiger partial charge on any atom is -0.327 e. The van der Waals surface area contributed by atoms with Crippen molar-refractivity contribution in [1.29, 1.82) is 21.0 Å². The maximum atomic E-state index is 13.7. The fraction of sp³-hybridized carbons (Fsp3) is 0.0976. The van der Waals surface area contributed by atoms with Gasteiger partial charge in [-0.1, -0.05) is 66.7 Å². The van der Waals surface area contributed by atoms with Crippen LogP contribution in [0.1, 0.15) is 117 Å². The summed E-state index contributed by atoms with van der Waals surface area (Å²) in [5, 5.41) is 68.8. The van der Waals surface area contributed by atoms with Crippen LogP contribution in [0, 0.1) is 57.1 Å². The predicted octanol–water partition coefficient (Wildman–Crippen LogP) is 14.3. The summed E-state index contributed by atoms with van der Waals surface area (Å²) in [7, 11) is 0. The summed E-state index contributed by atoms with van der Waals surface area (Å²) >= 11 is 5.74. The Kier molecular flexibility index (Phi) is 22.8. The van der Waals surface area contributed by atoms with Crippen LogP contribution in [0.15, 0.2) is 224 Å². The van der Waals surface area contributed by atoms with E-state index in [4.69, 9.17) is 41.0 Å². The number of H-pyrrole nitrogens is 2. The highest BCUT2D eigenvalue weighted by molar-refractivity contribution is 7.12. The number of thiazole rings is 4. The molecule has 12 heterocycles. The second kappa shape index (κ2) is 34.2. The first kappa shape index (κ1) is 77.5. The van der Waals surface area contributed by atoms with Gasteiger partial charge in [-0.2, -0.15) is 25.4 Å². The molecular formula is C82H58F2N22O6S4. The Balaban J connectivity index is 0.000000128. The molecule has 34 heteroatoms. The van der Waals surface area contributed by atoms with Crippen LogP contribution in [-0.4, -0.2) is 74.0 Å². The number of nitrogens with one attached hydrogen (secondary N) is 10. The number of benzene rings is 5. The van der Waals surface area contributed by atoms with E-state index >= 15 is 0 Å². The smallest absolute Gasteiger partial charge is 0.325 e. The van der Waals surface area contributed by atoms with E-state index in [9.17, 15) is 37.5 Å². The van der Waals surface area contributed by atoms with Gasteiger partial charge in [0.15, 0.2) is 0 Å². The van der Waals surface area contributed by atoms with Gasteiger partial charge < -0.3 is 47.5 Å². The van der Waals surface area contributed by atoms with Crippen molar-refractivity contribution in [3.8, 4) is 69.3 Å². The van der Waals surface area contributed by atoms with Gasteiger partial charge in [-0.3, -0.25) is 19.7 Å². The summed E-state index contributed by atoms with van der Waals surface area (Å²) in [6, 6.07) is 46.5. The minimum absolute atomic E-state index is 0.262. The molecule has 10 N–H and O–H groups in total. The third-order valence-electron chi connectivity index (χ3n) is 18.3. The molecule has 5 aromatic carbocycles. The van der Waals surface area contributed by atoms with E-state index in [-0.39, 0.29) is 23.8 Å². The SMILES string of the molecule is CC1=C(c2nc(-c3ccc(C#N)cc3)cs2)C(c2cc(=O)[nH]c(=O)[nH]2)NC(=O)N1.CC1=C(c2nc(-c3ccc(C#N)cc3)cs2)C(c2ccc(F)nc2)NC(=O)N1.CC1=C(c2nc(-c3ccc(C#N)cc3)cs2)C(c2cnc3ccccc3n2)NC(=O)N1.CC1=C(c2nc(-c3ccc(C#N)cc3)cs2)C(c2cncc(F)c2)NC(=O)N1. The van der Waals surface area contributed by atoms with Crippen LogP contribution < -0.4 is 53.8 Å². The van der Waals surface area contributed by atoms with Crippen LogP contribution >= 0.6 is 45.3 Å². The van der Waals surface area contributed by atoms with Crippen molar-refractivity contribution in [2.24, 2.45) is 0 Å². The van der Waals surface area contributed by atoms with Crippen molar-refractivity contribution in [2.75, 3.05) is 0 Å². The van der Waals surface area contributed by atoms with Gasteiger partial charge in [0.1, 0.15) is 37.9 Å². The van der Waals surface area contributed by atoms with E-state index in [2.05, 4.69) is 96.7 Å². The zero-order valence-corrected chi connectivity index (χ0v) is 64.3. The molecule has 4 atom stereocenters. The number of para-hydroxylation sites is 2. The number of fused-ring (bicyclic) bond motifs is 1. The first-order valence-corrected chi connectivity index (χ1v) is 38.4. The van der Waals surface area contributed by atoms with Crippen molar-refractivity contribution in [2.45, 2.75) is 51.9 Å². The van der Waals surface area contributed by atoms with Crippen molar-refractivity contribution in [1.82, 2.24) is 92.4 Å². The Morgan fingerprint density at radius 3 is 1.15 bits per heavy atom. The van der Waals surface area contributed by atoms with Gasteiger partial charge in [-0.05, 0) is 106 Å². The third-order valence-corrected chi connectivity index (χ3v) is 21.8. The third kappa shape index (κ3) is 17.4.